The van der Waals surface area contributed by atoms with E-state index in [0.29, 0.717) is 4.48 Å². The number of carbonyl (C=O) groups excluding carboxylic acids is 2. The lowest BCUT2D eigenvalue weighted by molar-refractivity contribution is -0.136. The number of ether oxygens (including phenoxy) is 3. The van der Waals surface area contributed by atoms with E-state index in [1.807, 2.05) is 0 Å². The first-order valence-electron chi connectivity index (χ1n) is 5.17. The van der Waals surface area contributed by atoms with Crippen LogP contribution in [0.2, 0.25) is 0 Å². The zero-order chi connectivity index (χ0) is 14.3. The van der Waals surface area contributed by atoms with Crippen LogP contribution in [0, 0.1) is 0 Å². The van der Waals surface area contributed by atoms with E-state index in [1.54, 1.807) is 20.8 Å². The van der Waals surface area contributed by atoms with Crippen LogP contribution in [0.5, 0.6) is 0 Å². The second-order valence-electron chi connectivity index (χ2n) is 4.33. The maximum absolute atomic E-state index is 11.6. The molecule has 0 aliphatic heterocycles. The number of nitrogens with one attached hydrogen (secondary N) is 1. The van der Waals surface area contributed by atoms with Crippen molar-refractivity contribution in [1.82, 2.24) is 5.32 Å². The highest BCUT2D eigenvalue weighted by atomic mass is 79.9. The highest BCUT2D eigenvalue weighted by Gasteiger charge is 2.22. The van der Waals surface area contributed by atoms with E-state index in [0.717, 1.165) is 0 Å². The maximum Gasteiger partial charge on any atom is 0.412 e. The van der Waals surface area contributed by atoms with Gasteiger partial charge in [0.1, 0.15) is 11.3 Å². The van der Waals surface area contributed by atoms with E-state index in [-0.39, 0.29) is 12.3 Å². The molecule has 0 unspecified atom stereocenters. The van der Waals surface area contributed by atoms with Gasteiger partial charge in [0, 0.05) is 7.11 Å². The summed E-state index contributed by atoms with van der Waals surface area (Å²) in [5.41, 5.74) is -0.701. The fraction of sp³-hybridized carbons (Fsp3) is 0.636. The number of carbonyl (C=O) groups is 2. The van der Waals surface area contributed by atoms with Gasteiger partial charge in [-0.05, 0) is 20.8 Å². The molecule has 0 aliphatic carbocycles. The predicted octanol–water partition coefficient (Wildman–Crippen LogP) is 1.94. The van der Waals surface area contributed by atoms with E-state index in [9.17, 15) is 9.59 Å². The van der Waals surface area contributed by atoms with Gasteiger partial charge in [0.2, 0.25) is 0 Å². The van der Waals surface area contributed by atoms with Crippen molar-refractivity contribution in [1.29, 1.82) is 0 Å². The summed E-state index contributed by atoms with van der Waals surface area (Å²) in [6.45, 7) is 5.29. The van der Waals surface area contributed by atoms with Gasteiger partial charge in [-0.2, -0.15) is 0 Å². The molecule has 1 amide bonds. The second kappa shape index (κ2) is 7.38. The summed E-state index contributed by atoms with van der Waals surface area (Å²) < 4.78 is 14.8. The fourth-order valence-corrected chi connectivity index (χ4v) is 1.43. The van der Waals surface area contributed by atoms with Gasteiger partial charge in [0.25, 0.3) is 0 Å². The first-order valence-corrected chi connectivity index (χ1v) is 5.96. The Kier molecular flexibility index (Phi) is 6.93. The Hall–Kier alpha value is -1.08. The Morgan fingerprint density at radius 2 is 1.78 bits per heavy atom. The lowest BCUT2D eigenvalue weighted by atomic mass is 10.2. The van der Waals surface area contributed by atoms with Crippen molar-refractivity contribution in [3.8, 4) is 0 Å². The van der Waals surface area contributed by atoms with Gasteiger partial charge in [-0.1, -0.05) is 15.9 Å². The molecular weight excluding hydrogens is 306 g/mol. The molecular formula is C11H18BrNO5. The molecule has 0 spiro atoms. The molecule has 0 aromatic rings. The van der Waals surface area contributed by atoms with Crippen LogP contribution in [-0.2, 0) is 19.0 Å². The smallest absolute Gasteiger partial charge is 0.412 e. The third-order valence-corrected chi connectivity index (χ3v) is 2.18. The van der Waals surface area contributed by atoms with E-state index in [2.05, 4.69) is 26.0 Å². The van der Waals surface area contributed by atoms with Gasteiger partial charge in [0.15, 0.2) is 0 Å². The molecule has 0 saturated heterocycles. The fourth-order valence-electron chi connectivity index (χ4n) is 0.936. The highest BCUT2D eigenvalue weighted by Crippen LogP contribution is 2.13. The van der Waals surface area contributed by atoms with Crippen molar-refractivity contribution in [3.63, 3.8) is 0 Å². The number of amides is 1. The summed E-state index contributed by atoms with van der Waals surface area (Å²) in [5.74, 6) is -0.690. The molecule has 0 radical (unpaired) electrons. The van der Waals surface area contributed by atoms with Crippen molar-refractivity contribution >= 4 is 28.0 Å². The SMILES string of the molecule is COC/C(Br)=C(/NC(=O)OC(C)(C)C)C(=O)OC. The molecule has 18 heavy (non-hydrogen) atoms. The van der Waals surface area contributed by atoms with Gasteiger partial charge in [-0.15, -0.1) is 0 Å². The van der Waals surface area contributed by atoms with Crippen molar-refractivity contribution in [2.75, 3.05) is 20.8 Å². The third kappa shape index (κ3) is 6.61. The summed E-state index contributed by atoms with van der Waals surface area (Å²) in [6, 6.07) is 0. The molecule has 104 valence electrons. The maximum atomic E-state index is 11.6. The molecule has 0 aromatic heterocycles. The summed E-state index contributed by atoms with van der Waals surface area (Å²) in [4.78, 5) is 23.1. The quantitative estimate of drug-likeness (QED) is 0.632. The topological polar surface area (TPSA) is 73.9 Å². The van der Waals surface area contributed by atoms with Crippen LogP contribution >= 0.6 is 15.9 Å². The predicted molar refractivity (Wildman–Crippen MR) is 69.2 cm³/mol. The Morgan fingerprint density at radius 3 is 2.17 bits per heavy atom. The summed E-state index contributed by atoms with van der Waals surface area (Å²) >= 11 is 3.14. The van der Waals surface area contributed by atoms with Crippen LogP contribution in [0.4, 0.5) is 4.79 Å². The average molecular weight is 324 g/mol. The molecule has 6 nitrogen and oxygen atoms in total. The number of halogens is 1. The molecule has 1 N–H and O–H groups in total. The summed E-state index contributed by atoms with van der Waals surface area (Å²) in [7, 11) is 2.68. The minimum atomic E-state index is -0.740. The molecule has 0 atom stereocenters. The molecule has 0 bridgehead atoms. The lowest BCUT2D eigenvalue weighted by Crippen LogP contribution is -2.35. The van der Waals surface area contributed by atoms with E-state index in [1.165, 1.54) is 14.2 Å². The van der Waals surface area contributed by atoms with Crippen LogP contribution in [0.15, 0.2) is 10.2 Å². The van der Waals surface area contributed by atoms with Crippen LogP contribution < -0.4 is 5.32 Å². The number of methoxy groups -OCH3 is 2. The molecule has 0 saturated carbocycles. The van der Waals surface area contributed by atoms with Crippen LogP contribution in [0.1, 0.15) is 20.8 Å². The summed E-state index contributed by atoms with van der Waals surface area (Å²) in [6.07, 6.45) is -0.740. The Bertz CT molecular complexity index is 346. The average Bonchev–Trinajstić information content (AvgIpc) is 2.22. The first-order chi connectivity index (χ1) is 8.21. The van der Waals surface area contributed by atoms with Crippen molar-refractivity contribution in [2.24, 2.45) is 0 Å². The van der Waals surface area contributed by atoms with Crippen LogP contribution in [-0.4, -0.2) is 38.5 Å². The van der Waals surface area contributed by atoms with Crippen molar-refractivity contribution in [2.45, 2.75) is 26.4 Å². The minimum Gasteiger partial charge on any atom is -0.464 e. The largest absolute Gasteiger partial charge is 0.464 e. The number of hydrogen-bond donors (Lipinski definition) is 1. The van der Waals surface area contributed by atoms with Gasteiger partial charge >= 0.3 is 12.1 Å². The van der Waals surface area contributed by atoms with Crippen LogP contribution in [0.3, 0.4) is 0 Å². The number of alkyl carbamates (subject to hydrolysis) is 1. The molecule has 0 fully saturated rings. The first kappa shape index (κ1) is 16.9. The Labute approximate surface area is 115 Å². The second-order valence-corrected chi connectivity index (χ2v) is 5.29. The lowest BCUT2D eigenvalue weighted by Gasteiger charge is -2.20. The molecule has 0 aliphatic rings. The van der Waals surface area contributed by atoms with Gasteiger partial charge in [0.05, 0.1) is 18.2 Å². The van der Waals surface area contributed by atoms with E-state index in [4.69, 9.17) is 9.47 Å². The van der Waals surface area contributed by atoms with Crippen LogP contribution in [0.25, 0.3) is 0 Å². The monoisotopic (exact) mass is 323 g/mol. The molecule has 7 heteroatoms. The Balaban J connectivity index is 4.87. The van der Waals surface area contributed by atoms with E-state index < -0.39 is 17.7 Å². The number of rotatable bonds is 4. The third-order valence-electron chi connectivity index (χ3n) is 1.56. The molecule has 0 aromatic carbocycles. The van der Waals surface area contributed by atoms with Crippen molar-refractivity contribution in [3.05, 3.63) is 10.2 Å². The standard InChI is InChI=1S/C11H18BrNO5/c1-11(2,3)18-10(15)13-8(9(14)17-5)7(12)6-16-4/h6H2,1-5H3,(H,13,15)/b8-7-. The van der Waals surface area contributed by atoms with E-state index >= 15 is 0 Å². The zero-order valence-electron chi connectivity index (χ0n) is 11.1. The highest BCUT2D eigenvalue weighted by molar-refractivity contribution is 9.11. The van der Waals surface area contributed by atoms with Gasteiger partial charge in [-0.3, -0.25) is 5.32 Å². The Morgan fingerprint density at radius 1 is 1.22 bits per heavy atom. The van der Waals surface area contributed by atoms with Gasteiger partial charge < -0.3 is 14.2 Å². The van der Waals surface area contributed by atoms with Gasteiger partial charge in [-0.25, -0.2) is 9.59 Å². The molecule has 0 heterocycles. The normalized spacial score (nSPS) is 12.6. The number of esters is 1. The number of hydrogen-bond acceptors (Lipinski definition) is 5. The molecule has 0 rings (SSSR count). The zero-order valence-corrected chi connectivity index (χ0v) is 12.7. The summed E-state index contributed by atoms with van der Waals surface area (Å²) in [5, 5.41) is 2.33. The van der Waals surface area contributed by atoms with Crippen molar-refractivity contribution < 1.29 is 23.8 Å². The minimum absolute atomic E-state index is 0.0476.